The van der Waals surface area contributed by atoms with Crippen molar-refractivity contribution in [3.05, 3.63) is 68.7 Å². The minimum Gasteiger partial charge on any atom is -0.396 e. The van der Waals surface area contributed by atoms with Gasteiger partial charge in [0.1, 0.15) is 0 Å². The highest BCUT2D eigenvalue weighted by atomic mass is 79.9. The van der Waals surface area contributed by atoms with Gasteiger partial charge in [-0.15, -0.1) is 0 Å². The van der Waals surface area contributed by atoms with Gasteiger partial charge in [0.05, 0.1) is 0 Å². The third-order valence-electron chi connectivity index (χ3n) is 4.06. The third kappa shape index (κ3) is 4.18. The highest BCUT2D eigenvalue weighted by molar-refractivity contribution is 9.10. The van der Waals surface area contributed by atoms with Crippen LogP contribution in [0.25, 0.3) is 0 Å². The van der Waals surface area contributed by atoms with Crippen LogP contribution in [0.5, 0.6) is 0 Å². The molecule has 0 radical (unpaired) electrons. The van der Waals surface area contributed by atoms with E-state index < -0.39 is 0 Å². The van der Waals surface area contributed by atoms with E-state index >= 15 is 0 Å². The number of rotatable bonds is 5. The summed E-state index contributed by atoms with van der Waals surface area (Å²) in [5.41, 5.74) is 6.61. The Morgan fingerprint density at radius 1 is 1.00 bits per heavy atom. The van der Waals surface area contributed by atoms with Crippen molar-refractivity contribution in [2.24, 2.45) is 5.92 Å². The van der Waals surface area contributed by atoms with Gasteiger partial charge in [0, 0.05) is 11.1 Å². The quantitative estimate of drug-likeness (QED) is 0.826. The van der Waals surface area contributed by atoms with Crippen molar-refractivity contribution in [1.29, 1.82) is 0 Å². The second-order valence-electron chi connectivity index (χ2n) is 5.93. The van der Waals surface area contributed by atoms with Crippen molar-refractivity contribution >= 4 is 15.9 Å². The molecule has 1 N–H and O–H groups in total. The molecule has 0 saturated carbocycles. The largest absolute Gasteiger partial charge is 0.396 e. The number of aliphatic hydroxyl groups is 1. The van der Waals surface area contributed by atoms with Gasteiger partial charge in [-0.2, -0.15) is 0 Å². The average Bonchev–Trinajstić information content (AvgIpc) is 2.43. The molecular weight excluding hydrogens is 324 g/mol. The molecule has 0 aliphatic heterocycles. The summed E-state index contributed by atoms with van der Waals surface area (Å²) in [6.45, 7) is 6.69. The maximum atomic E-state index is 9.76. The summed E-state index contributed by atoms with van der Waals surface area (Å²) in [5, 5.41) is 9.76. The molecule has 0 aliphatic carbocycles. The van der Waals surface area contributed by atoms with E-state index in [1.54, 1.807) is 0 Å². The van der Waals surface area contributed by atoms with Crippen molar-refractivity contribution in [3.63, 3.8) is 0 Å². The summed E-state index contributed by atoms with van der Waals surface area (Å²) in [5.74, 6) is 0.254. The normalized spacial score (nSPS) is 12.4. The first-order valence-corrected chi connectivity index (χ1v) is 8.21. The summed E-state index contributed by atoms with van der Waals surface area (Å²) in [6, 6.07) is 12.7. The van der Waals surface area contributed by atoms with Crippen LogP contribution < -0.4 is 0 Å². The third-order valence-corrected chi connectivity index (χ3v) is 4.83. The highest BCUT2D eigenvalue weighted by Crippen LogP contribution is 2.24. The molecule has 1 unspecified atom stereocenters. The Morgan fingerprint density at radius 2 is 1.62 bits per heavy atom. The molecule has 21 heavy (non-hydrogen) atoms. The zero-order valence-electron chi connectivity index (χ0n) is 13.0. The lowest BCUT2D eigenvalue weighted by Crippen LogP contribution is -2.15. The topological polar surface area (TPSA) is 20.2 Å². The fraction of sp³-hybridized carbons (Fsp3) is 0.368. The molecule has 0 aliphatic rings. The molecule has 112 valence electrons. The lowest BCUT2D eigenvalue weighted by molar-refractivity contribution is 0.224. The van der Waals surface area contributed by atoms with Gasteiger partial charge in [-0.1, -0.05) is 51.8 Å². The summed E-state index contributed by atoms with van der Waals surface area (Å²) < 4.78 is 1.13. The molecule has 0 amide bonds. The van der Waals surface area contributed by atoms with Crippen LogP contribution >= 0.6 is 15.9 Å². The number of aliphatic hydroxyl groups excluding tert-OH is 1. The van der Waals surface area contributed by atoms with Crippen molar-refractivity contribution in [2.75, 3.05) is 6.61 Å². The van der Waals surface area contributed by atoms with Gasteiger partial charge < -0.3 is 5.11 Å². The SMILES string of the molecule is Cc1cc(C)c(CC(CO)Cc2ccccc2Br)c(C)c1. The summed E-state index contributed by atoms with van der Waals surface area (Å²) in [4.78, 5) is 0. The first kappa shape index (κ1) is 16.3. The monoisotopic (exact) mass is 346 g/mol. The van der Waals surface area contributed by atoms with E-state index in [0.717, 1.165) is 17.3 Å². The van der Waals surface area contributed by atoms with E-state index in [1.165, 1.54) is 27.8 Å². The number of aryl methyl sites for hydroxylation is 3. The Bertz CT molecular complexity index is 596. The fourth-order valence-corrected chi connectivity index (χ4v) is 3.44. The summed E-state index contributed by atoms with van der Waals surface area (Å²) in [6.07, 6.45) is 1.82. The van der Waals surface area contributed by atoms with Crippen LogP contribution in [-0.4, -0.2) is 11.7 Å². The molecule has 2 aromatic carbocycles. The highest BCUT2D eigenvalue weighted by Gasteiger charge is 2.14. The standard InChI is InChI=1S/C19H23BrO/c1-13-8-14(2)18(15(3)9-13)11-16(12-21)10-17-6-4-5-7-19(17)20/h4-9,16,21H,10-12H2,1-3H3. The second kappa shape index (κ2) is 7.24. The Labute approximate surface area is 136 Å². The number of hydrogen-bond donors (Lipinski definition) is 1. The molecule has 0 aromatic heterocycles. The molecule has 0 spiro atoms. The number of halogens is 1. The van der Waals surface area contributed by atoms with Crippen molar-refractivity contribution in [1.82, 2.24) is 0 Å². The first-order chi connectivity index (χ1) is 10.0. The van der Waals surface area contributed by atoms with E-state index in [0.29, 0.717) is 0 Å². The Morgan fingerprint density at radius 3 is 2.19 bits per heavy atom. The van der Waals surface area contributed by atoms with Gasteiger partial charge in [-0.3, -0.25) is 0 Å². The molecule has 2 aromatic rings. The van der Waals surface area contributed by atoms with Crippen LogP contribution in [0, 0.1) is 26.7 Å². The molecule has 0 heterocycles. The van der Waals surface area contributed by atoms with E-state index in [-0.39, 0.29) is 12.5 Å². The maximum Gasteiger partial charge on any atom is 0.0465 e. The van der Waals surface area contributed by atoms with Crippen molar-refractivity contribution in [2.45, 2.75) is 33.6 Å². The first-order valence-electron chi connectivity index (χ1n) is 7.42. The van der Waals surface area contributed by atoms with Gasteiger partial charge in [0.25, 0.3) is 0 Å². The lowest BCUT2D eigenvalue weighted by atomic mass is 9.88. The van der Waals surface area contributed by atoms with Gasteiger partial charge in [0.15, 0.2) is 0 Å². The maximum absolute atomic E-state index is 9.76. The van der Waals surface area contributed by atoms with Crippen molar-refractivity contribution < 1.29 is 5.11 Å². The Balaban J connectivity index is 2.19. The molecule has 1 nitrogen and oxygen atoms in total. The van der Waals surface area contributed by atoms with Crippen LogP contribution in [0.2, 0.25) is 0 Å². The van der Waals surface area contributed by atoms with Crippen LogP contribution in [0.3, 0.4) is 0 Å². The Kier molecular flexibility index (Phi) is 5.60. The van der Waals surface area contributed by atoms with Gasteiger partial charge >= 0.3 is 0 Å². The summed E-state index contributed by atoms with van der Waals surface area (Å²) in [7, 11) is 0. The van der Waals surface area contributed by atoms with Crippen LogP contribution in [0.15, 0.2) is 40.9 Å². The summed E-state index contributed by atoms with van der Waals surface area (Å²) >= 11 is 3.60. The Hall–Kier alpha value is -1.12. The molecule has 0 fully saturated rings. The van der Waals surface area contributed by atoms with Crippen LogP contribution in [0.4, 0.5) is 0 Å². The van der Waals surface area contributed by atoms with E-state index in [2.05, 4.69) is 67.0 Å². The van der Waals surface area contributed by atoms with Gasteiger partial charge in [-0.05, 0) is 67.9 Å². The molecular formula is C19H23BrO. The van der Waals surface area contributed by atoms with Gasteiger partial charge in [0.2, 0.25) is 0 Å². The number of hydrogen-bond acceptors (Lipinski definition) is 1. The van der Waals surface area contributed by atoms with E-state index in [4.69, 9.17) is 0 Å². The zero-order chi connectivity index (χ0) is 15.4. The molecule has 0 saturated heterocycles. The lowest BCUT2D eigenvalue weighted by Gasteiger charge is -2.19. The smallest absolute Gasteiger partial charge is 0.0465 e. The van der Waals surface area contributed by atoms with Gasteiger partial charge in [-0.25, -0.2) is 0 Å². The van der Waals surface area contributed by atoms with Crippen LogP contribution in [-0.2, 0) is 12.8 Å². The average molecular weight is 347 g/mol. The van der Waals surface area contributed by atoms with E-state index in [9.17, 15) is 5.11 Å². The molecule has 2 heteroatoms. The predicted octanol–water partition coefficient (Wildman–Crippen LogP) is 4.77. The molecule has 2 rings (SSSR count). The minimum atomic E-state index is 0.216. The van der Waals surface area contributed by atoms with E-state index in [1.807, 2.05) is 6.07 Å². The van der Waals surface area contributed by atoms with Crippen molar-refractivity contribution in [3.8, 4) is 0 Å². The zero-order valence-corrected chi connectivity index (χ0v) is 14.6. The molecule has 1 atom stereocenters. The second-order valence-corrected chi connectivity index (χ2v) is 6.78. The molecule has 0 bridgehead atoms. The van der Waals surface area contributed by atoms with Crippen LogP contribution in [0.1, 0.15) is 27.8 Å². The minimum absolute atomic E-state index is 0.216. The fourth-order valence-electron chi connectivity index (χ4n) is 3.00. The predicted molar refractivity (Wildman–Crippen MR) is 92.8 cm³/mol. The number of benzene rings is 2.